The summed E-state index contributed by atoms with van der Waals surface area (Å²) in [6.45, 7) is 15.6. The van der Waals surface area contributed by atoms with Gasteiger partial charge in [0.25, 0.3) is 0 Å². The molecule has 170 valence electrons. The third-order valence-corrected chi connectivity index (χ3v) is 5.06. The third-order valence-electron chi connectivity index (χ3n) is 5.06. The standard InChI is InChI=1S/C25H28FN7/c1-7-8-9-19-14(2)31-24(33-19)22(28)20-18(27)13-30-23(21(20)26)16-10-17(12-29-11-16)32-15(3)25(4,5)6/h7-13,28,32H,1,3,27H2,2,4-6H3,(H,31,33)/b9-8-,28-22?. The molecule has 0 aliphatic rings. The van der Waals surface area contributed by atoms with Crippen molar-refractivity contribution in [3.8, 4) is 11.3 Å². The highest BCUT2D eigenvalue weighted by molar-refractivity contribution is 6.12. The number of nitrogens with zero attached hydrogens (tertiary/aromatic N) is 3. The second kappa shape index (κ2) is 9.20. The van der Waals surface area contributed by atoms with Gasteiger partial charge in [-0.2, -0.15) is 0 Å². The van der Waals surface area contributed by atoms with E-state index >= 15 is 4.39 Å². The molecule has 0 aliphatic carbocycles. The Morgan fingerprint density at radius 3 is 2.67 bits per heavy atom. The van der Waals surface area contributed by atoms with Crippen LogP contribution in [0, 0.1) is 23.6 Å². The molecule has 3 heterocycles. The lowest BCUT2D eigenvalue weighted by Gasteiger charge is -2.23. The Bertz CT molecular complexity index is 1260. The van der Waals surface area contributed by atoms with Crippen LogP contribution >= 0.6 is 0 Å². The number of H-pyrrole nitrogens is 1. The lowest BCUT2D eigenvalue weighted by atomic mass is 9.93. The van der Waals surface area contributed by atoms with E-state index in [1.807, 2.05) is 27.7 Å². The fraction of sp³-hybridized carbons (Fsp3) is 0.200. The van der Waals surface area contributed by atoms with Crippen LogP contribution in [0.25, 0.3) is 17.3 Å². The molecule has 0 saturated heterocycles. The second-order valence-corrected chi connectivity index (χ2v) is 8.63. The summed E-state index contributed by atoms with van der Waals surface area (Å²) in [7, 11) is 0. The van der Waals surface area contributed by atoms with Gasteiger partial charge in [-0.05, 0) is 19.1 Å². The zero-order valence-corrected chi connectivity index (χ0v) is 19.3. The van der Waals surface area contributed by atoms with Gasteiger partial charge in [0, 0.05) is 28.6 Å². The first-order chi connectivity index (χ1) is 15.5. The lowest BCUT2D eigenvalue weighted by Crippen LogP contribution is -2.15. The minimum atomic E-state index is -0.717. The maximum Gasteiger partial charge on any atom is 0.161 e. The first kappa shape index (κ1) is 23.6. The SMILES string of the molecule is C=C/C=C\c1nc(C(=N)c2c(N)cnc(-c3cncc(NC(=C)C(C)(C)C)c3)c2F)[nH]c1C. The normalized spacial score (nSPS) is 11.5. The Kier molecular flexibility index (Phi) is 6.57. The average Bonchev–Trinajstić information content (AvgIpc) is 3.12. The van der Waals surface area contributed by atoms with Crippen molar-refractivity contribution in [1.29, 1.82) is 5.41 Å². The Morgan fingerprint density at radius 1 is 1.27 bits per heavy atom. The minimum Gasteiger partial charge on any atom is -0.397 e. The monoisotopic (exact) mass is 445 g/mol. The molecule has 0 aromatic carbocycles. The van der Waals surface area contributed by atoms with E-state index in [-0.39, 0.29) is 33.9 Å². The van der Waals surface area contributed by atoms with E-state index in [1.54, 1.807) is 30.5 Å². The molecule has 0 fully saturated rings. The molecule has 0 radical (unpaired) electrons. The highest BCUT2D eigenvalue weighted by atomic mass is 19.1. The molecule has 33 heavy (non-hydrogen) atoms. The fourth-order valence-corrected chi connectivity index (χ4v) is 2.99. The molecule has 0 aliphatic heterocycles. The maximum absolute atomic E-state index is 15.6. The van der Waals surface area contributed by atoms with E-state index in [0.29, 0.717) is 16.9 Å². The highest BCUT2D eigenvalue weighted by Crippen LogP contribution is 2.30. The summed E-state index contributed by atoms with van der Waals surface area (Å²) >= 11 is 0. The van der Waals surface area contributed by atoms with Gasteiger partial charge in [-0.25, -0.2) is 9.37 Å². The molecule has 0 bridgehead atoms. The first-order valence-corrected chi connectivity index (χ1v) is 10.3. The number of nitrogens with two attached hydrogens (primary N) is 1. The number of halogens is 1. The molecule has 3 aromatic rings. The Labute approximate surface area is 192 Å². The molecule has 7 nitrogen and oxygen atoms in total. The van der Waals surface area contributed by atoms with Gasteiger partial charge in [0.05, 0.1) is 35.0 Å². The number of pyridine rings is 2. The number of hydrogen-bond donors (Lipinski definition) is 4. The number of nitrogens with one attached hydrogen (secondary N) is 3. The number of allylic oxidation sites excluding steroid dienone is 3. The Morgan fingerprint density at radius 2 is 2.00 bits per heavy atom. The Hall–Kier alpha value is -4.07. The van der Waals surface area contributed by atoms with Crippen molar-refractivity contribution in [3.63, 3.8) is 0 Å². The van der Waals surface area contributed by atoms with Crippen LogP contribution in [-0.4, -0.2) is 25.6 Å². The number of aryl methyl sites for hydroxylation is 1. The molecule has 0 atom stereocenters. The summed E-state index contributed by atoms with van der Waals surface area (Å²) in [4.78, 5) is 15.8. The zero-order valence-electron chi connectivity index (χ0n) is 19.3. The average molecular weight is 446 g/mol. The molecular weight excluding hydrogens is 417 g/mol. The number of imidazole rings is 1. The van der Waals surface area contributed by atoms with E-state index in [2.05, 4.69) is 38.4 Å². The van der Waals surface area contributed by atoms with Gasteiger partial charge in [0.2, 0.25) is 0 Å². The first-order valence-electron chi connectivity index (χ1n) is 10.3. The molecular formula is C25H28FN7. The number of hydrogen-bond acceptors (Lipinski definition) is 6. The molecule has 0 unspecified atom stereocenters. The van der Waals surface area contributed by atoms with Gasteiger partial charge in [-0.15, -0.1) is 0 Å². The van der Waals surface area contributed by atoms with Crippen LogP contribution in [0.15, 0.2) is 55.7 Å². The van der Waals surface area contributed by atoms with E-state index < -0.39 is 5.82 Å². The predicted molar refractivity (Wildman–Crippen MR) is 133 cm³/mol. The molecule has 3 rings (SSSR count). The van der Waals surface area contributed by atoms with Gasteiger partial charge in [0.15, 0.2) is 11.6 Å². The van der Waals surface area contributed by atoms with E-state index in [0.717, 1.165) is 11.4 Å². The number of aromatic amines is 1. The fourth-order valence-electron chi connectivity index (χ4n) is 2.99. The molecule has 0 saturated carbocycles. The smallest absolute Gasteiger partial charge is 0.161 e. The van der Waals surface area contributed by atoms with Crippen LogP contribution < -0.4 is 11.1 Å². The van der Waals surface area contributed by atoms with E-state index in [4.69, 9.17) is 11.1 Å². The minimum absolute atomic E-state index is 0.0384. The summed E-state index contributed by atoms with van der Waals surface area (Å²) in [5.74, 6) is -0.514. The summed E-state index contributed by atoms with van der Waals surface area (Å²) in [5, 5.41) is 11.8. The van der Waals surface area contributed by atoms with Crippen LogP contribution in [0.1, 0.15) is 43.5 Å². The number of nitrogen functional groups attached to an aromatic ring is 1. The highest BCUT2D eigenvalue weighted by Gasteiger charge is 2.23. The van der Waals surface area contributed by atoms with Crippen LogP contribution in [0.3, 0.4) is 0 Å². The van der Waals surface area contributed by atoms with Crippen LogP contribution in [0.2, 0.25) is 0 Å². The lowest BCUT2D eigenvalue weighted by molar-refractivity contribution is 0.509. The van der Waals surface area contributed by atoms with Crippen molar-refractivity contribution in [1.82, 2.24) is 19.9 Å². The van der Waals surface area contributed by atoms with Gasteiger partial charge < -0.3 is 16.0 Å². The molecule has 5 N–H and O–H groups in total. The molecule has 0 amide bonds. The van der Waals surface area contributed by atoms with E-state index in [1.165, 1.54) is 12.4 Å². The van der Waals surface area contributed by atoms with Crippen molar-refractivity contribution in [3.05, 3.63) is 84.3 Å². The Balaban J connectivity index is 2.01. The van der Waals surface area contributed by atoms with E-state index in [9.17, 15) is 0 Å². The van der Waals surface area contributed by atoms with Crippen molar-refractivity contribution < 1.29 is 4.39 Å². The third kappa shape index (κ3) is 5.06. The van der Waals surface area contributed by atoms with Crippen molar-refractivity contribution in [2.75, 3.05) is 11.1 Å². The second-order valence-electron chi connectivity index (χ2n) is 8.63. The molecule has 0 spiro atoms. The topological polar surface area (TPSA) is 116 Å². The van der Waals surface area contributed by atoms with Gasteiger partial charge >= 0.3 is 0 Å². The largest absolute Gasteiger partial charge is 0.397 e. The quantitative estimate of drug-likeness (QED) is 0.284. The number of rotatable bonds is 7. The van der Waals surface area contributed by atoms with Crippen LogP contribution in [0.5, 0.6) is 0 Å². The maximum atomic E-state index is 15.6. The summed E-state index contributed by atoms with van der Waals surface area (Å²) in [6.07, 6.45) is 9.59. The zero-order chi connectivity index (χ0) is 24.3. The molecule has 8 heteroatoms. The van der Waals surface area contributed by atoms with Gasteiger partial charge in [-0.3, -0.25) is 15.4 Å². The van der Waals surface area contributed by atoms with Gasteiger partial charge in [0.1, 0.15) is 11.4 Å². The summed E-state index contributed by atoms with van der Waals surface area (Å²) < 4.78 is 15.6. The number of aromatic nitrogens is 4. The molecule has 3 aromatic heterocycles. The summed E-state index contributed by atoms with van der Waals surface area (Å²) in [5.41, 5.74) is 8.96. The van der Waals surface area contributed by atoms with Gasteiger partial charge in [-0.1, -0.05) is 46.1 Å². The van der Waals surface area contributed by atoms with Crippen molar-refractivity contribution in [2.45, 2.75) is 27.7 Å². The predicted octanol–water partition coefficient (Wildman–Crippen LogP) is 5.48. The van der Waals surface area contributed by atoms with Crippen molar-refractivity contribution >= 4 is 23.2 Å². The number of anilines is 2. The van der Waals surface area contributed by atoms with Crippen LogP contribution in [0.4, 0.5) is 15.8 Å². The summed E-state index contributed by atoms with van der Waals surface area (Å²) in [6, 6.07) is 1.73. The van der Waals surface area contributed by atoms with Crippen molar-refractivity contribution in [2.24, 2.45) is 5.41 Å². The van der Waals surface area contributed by atoms with Crippen LogP contribution in [-0.2, 0) is 0 Å².